The smallest absolute Gasteiger partial charge is 0.193 e. The van der Waals surface area contributed by atoms with E-state index in [1.807, 2.05) is 36.1 Å². The molecule has 2 unspecified atom stereocenters. The molecule has 0 spiro atoms. The second-order valence-electron chi connectivity index (χ2n) is 6.88. The molecule has 0 aliphatic carbocycles. The van der Waals surface area contributed by atoms with Gasteiger partial charge in [0.1, 0.15) is 0 Å². The van der Waals surface area contributed by atoms with Crippen molar-refractivity contribution in [1.29, 1.82) is 0 Å². The Balaban J connectivity index is 1.61. The quantitative estimate of drug-likeness (QED) is 0.697. The van der Waals surface area contributed by atoms with Gasteiger partial charge in [0.05, 0.1) is 11.9 Å². The van der Waals surface area contributed by atoms with Crippen LogP contribution in [0.3, 0.4) is 0 Å². The molecule has 1 aromatic carbocycles. The van der Waals surface area contributed by atoms with E-state index < -0.39 is 0 Å². The fourth-order valence-electron chi connectivity index (χ4n) is 3.52. The minimum Gasteiger partial charge on any atom is -0.352 e. The molecule has 1 fully saturated rings. The van der Waals surface area contributed by atoms with E-state index in [-0.39, 0.29) is 0 Å². The van der Waals surface area contributed by atoms with Crippen LogP contribution in [-0.4, -0.2) is 40.8 Å². The number of hydrogen-bond acceptors (Lipinski definition) is 2. The number of aromatic nitrogens is 2. The molecule has 0 bridgehead atoms. The van der Waals surface area contributed by atoms with Crippen molar-refractivity contribution in [2.45, 2.75) is 26.8 Å². The maximum atomic E-state index is 4.46. The van der Waals surface area contributed by atoms with Gasteiger partial charge in [-0.25, -0.2) is 4.68 Å². The van der Waals surface area contributed by atoms with Gasteiger partial charge in [-0.05, 0) is 30.4 Å². The summed E-state index contributed by atoms with van der Waals surface area (Å²) in [7, 11) is 1.86. The van der Waals surface area contributed by atoms with Crippen LogP contribution in [0.15, 0.2) is 47.7 Å². The first-order valence-electron chi connectivity index (χ1n) is 8.70. The van der Waals surface area contributed by atoms with Crippen molar-refractivity contribution >= 4 is 5.96 Å². The van der Waals surface area contributed by atoms with Gasteiger partial charge in [0.2, 0.25) is 0 Å². The monoisotopic (exact) mass is 325 g/mol. The normalized spacial score (nSPS) is 21.8. The first-order chi connectivity index (χ1) is 11.7. The number of likely N-dealkylation sites (tertiary alicyclic amines) is 1. The van der Waals surface area contributed by atoms with Crippen LogP contribution in [0.2, 0.25) is 0 Å². The molecular weight excluding hydrogens is 298 g/mol. The molecule has 1 aromatic heterocycles. The van der Waals surface area contributed by atoms with Crippen molar-refractivity contribution in [2.75, 3.05) is 20.1 Å². The Bertz CT molecular complexity index is 666. The van der Waals surface area contributed by atoms with Crippen LogP contribution >= 0.6 is 0 Å². The summed E-state index contributed by atoms with van der Waals surface area (Å²) >= 11 is 0. The lowest BCUT2D eigenvalue weighted by atomic mass is 9.92. The molecule has 1 aliphatic rings. The maximum Gasteiger partial charge on any atom is 0.193 e. The van der Waals surface area contributed by atoms with Crippen molar-refractivity contribution in [1.82, 2.24) is 20.0 Å². The van der Waals surface area contributed by atoms with Crippen molar-refractivity contribution < 1.29 is 0 Å². The molecular formula is C19H27N5. The first kappa shape index (κ1) is 16.6. The largest absolute Gasteiger partial charge is 0.352 e. The molecule has 0 radical (unpaired) electrons. The van der Waals surface area contributed by atoms with E-state index in [2.05, 4.69) is 52.5 Å². The number of para-hydroxylation sites is 1. The Hall–Kier alpha value is -2.30. The van der Waals surface area contributed by atoms with E-state index in [1.54, 1.807) is 0 Å². The van der Waals surface area contributed by atoms with E-state index in [9.17, 15) is 0 Å². The third kappa shape index (κ3) is 3.96. The number of aliphatic imine (C=N–C) groups is 1. The summed E-state index contributed by atoms with van der Waals surface area (Å²) in [5, 5.41) is 7.93. The minimum absolute atomic E-state index is 0.716. The van der Waals surface area contributed by atoms with Gasteiger partial charge in [0.25, 0.3) is 0 Å². The molecule has 1 saturated heterocycles. The lowest BCUT2D eigenvalue weighted by molar-refractivity contribution is 0.208. The number of nitrogens with zero attached hydrogens (tertiary/aromatic N) is 4. The fourth-order valence-corrected chi connectivity index (χ4v) is 3.52. The number of nitrogens with one attached hydrogen (secondary N) is 1. The number of guanidine groups is 1. The van der Waals surface area contributed by atoms with E-state index in [4.69, 9.17) is 0 Å². The highest BCUT2D eigenvalue weighted by molar-refractivity contribution is 5.80. The van der Waals surface area contributed by atoms with Gasteiger partial charge >= 0.3 is 0 Å². The molecule has 5 heteroatoms. The number of hydrogen-bond donors (Lipinski definition) is 1. The van der Waals surface area contributed by atoms with Crippen LogP contribution in [-0.2, 0) is 6.54 Å². The predicted molar refractivity (Wildman–Crippen MR) is 98.3 cm³/mol. The maximum absolute atomic E-state index is 4.46. The fraction of sp³-hybridized carbons (Fsp3) is 0.474. The van der Waals surface area contributed by atoms with Crippen LogP contribution < -0.4 is 5.32 Å². The zero-order valence-electron chi connectivity index (χ0n) is 14.8. The highest BCUT2D eigenvalue weighted by atomic mass is 15.3. The van der Waals surface area contributed by atoms with Crippen LogP contribution in [0.1, 0.15) is 25.8 Å². The van der Waals surface area contributed by atoms with Gasteiger partial charge in [-0.3, -0.25) is 4.99 Å². The second-order valence-corrected chi connectivity index (χ2v) is 6.88. The third-order valence-corrected chi connectivity index (χ3v) is 4.49. The van der Waals surface area contributed by atoms with Crippen molar-refractivity contribution in [3.63, 3.8) is 0 Å². The molecule has 128 valence electrons. The van der Waals surface area contributed by atoms with E-state index in [1.165, 1.54) is 6.42 Å². The lowest BCUT2D eigenvalue weighted by Gasteiger charge is -2.37. The van der Waals surface area contributed by atoms with Crippen molar-refractivity contribution in [3.8, 4) is 5.69 Å². The van der Waals surface area contributed by atoms with E-state index >= 15 is 0 Å². The molecule has 2 heterocycles. The topological polar surface area (TPSA) is 45.5 Å². The zero-order valence-corrected chi connectivity index (χ0v) is 14.8. The summed E-state index contributed by atoms with van der Waals surface area (Å²) in [6.45, 7) is 7.53. The van der Waals surface area contributed by atoms with Crippen molar-refractivity contribution in [2.24, 2.45) is 16.8 Å². The summed E-state index contributed by atoms with van der Waals surface area (Å²) in [6.07, 6.45) is 5.28. The Kier molecular flexibility index (Phi) is 5.18. The van der Waals surface area contributed by atoms with Gasteiger partial charge in [0, 0.05) is 38.4 Å². The van der Waals surface area contributed by atoms with Crippen molar-refractivity contribution in [3.05, 3.63) is 48.3 Å². The molecule has 1 N–H and O–H groups in total. The Labute approximate surface area is 144 Å². The Morgan fingerprint density at radius 2 is 1.92 bits per heavy atom. The van der Waals surface area contributed by atoms with E-state index in [0.717, 1.165) is 36.8 Å². The summed E-state index contributed by atoms with van der Waals surface area (Å²) in [5.74, 6) is 2.42. The summed E-state index contributed by atoms with van der Waals surface area (Å²) in [6, 6.07) is 10.2. The highest BCUT2D eigenvalue weighted by Gasteiger charge is 2.23. The summed E-state index contributed by atoms with van der Waals surface area (Å²) in [4.78, 5) is 6.84. The van der Waals surface area contributed by atoms with Crippen LogP contribution in [0.25, 0.3) is 5.69 Å². The molecule has 0 saturated carbocycles. The Morgan fingerprint density at radius 3 is 2.58 bits per heavy atom. The molecule has 2 atom stereocenters. The molecule has 0 amide bonds. The average Bonchev–Trinajstić information content (AvgIpc) is 3.04. The van der Waals surface area contributed by atoms with Gasteiger partial charge < -0.3 is 10.2 Å². The highest BCUT2D eigenvalue weighted by Crippen LogP contribution is 2.20. The SMILES string of the molecule is CN=C(NCc1cnn(-c2ccccc2)c1)N1CC(C)CC(C)C1. The standard InChI is InChI=1S/C19H27N5/c1-15-9-16(2)13-23(12-15)19(20-3)21-10-17-11-22-24(14-17)18-7-5-4-6-8-18/h4-8,11,14-16H,9-10,12-13H2,1-3H3,(H,20,21). The van der Waals surface area contributed by atoms with Crippen LogP contribution in [0.4, 0.5) is 0 Å². The van der Waals surface area contributed by atoms with Gasteiger partial charge in [-0.15, -0.1) is 0 Å². The number of piperidine rings is 1. The molecule has 3 rings (SSSR count). The number of rotatable bonds is 3. The minimum atomic E-state index is 0.716. The summed E-state index contributed by atoms with van der Waals surface area (Å²) in [5.41, 5.74) is 2.23. The summed E-state index contributed by atoms with van der Waals surface area (Å²) < 4.78 is 1.91. The first-order valence-corrected chi connectivity index (χ1v) is 8.70. The van der Waals surface area contributed by atoms with Crippen LogP contribution in [0.5, 0.6) is 0 Å². The third-order valence-electron chi connectivity index (χ3n) is 4.49. The van der Waals surface area contributed by atoms with Gasteiger partial charge in [0.15, 0.2) is 5.96 Å². The average molecular weight is 325 g/mol. The van der Waals surface area contributed by atoms with Gasteiger partial charge in [-0.1, -0.05) is 32.0 Å². The van der Waals surface area contributed by atoms with Gasteiger partial charge in [-0.2, -0.15) is 5.10 Å². The lowest BCUT2D eigenvalue weighted by Crippen LogP contribution is -2.48. The second kappa shape index (κ2) is 7.51. The zero-order chi connectivity index (χ0) is 16.9. The van der Waals surface area contributed by atoms with Crippen LogP contribution in [0, 0.1) is 11.8 Å². The molecule has 24 heavy (non-hydrogen) atoms. The number of benzene rings is 1. The Morgan fingerprint density at radius 1 is 1.21 bits per heavy atom. The predicted octanol–water partition coefficient (Wildman–Crippen LogP) is 2.93. The molecule has 1 aliphatic heterocycles. The molecule has 5 nitrogen and oxygen atoms in total. The molecule has 2 aromatic rings. The van der Waals surface area contributed by atoms with E-state index in [0.29, 0.717) is 11.8 Å².